The fourth-order valence-corrected chi connectivity index (χ4v) is 3.78. The Morgan fingerprint density at radius 1 is 0.783 bits per heavy atom. The molecule has 1 unspecified atom stereocenters. The van der Waals surface area contributed by atoms with Crippen LogP contribution in [0.25, 0.3) is 0 Å². The van der Waals surface area contributed by atoms with Crippen LogP contribution in [0.1, 0.15) is 62.1 Å². The first kappa shape index (κ1) is 16.1. The molecule has 0 spiro atoms. The molecule has 0 radical (unpaired) electrons. The van der Waals surface area contributed by atoms with Gasteiger partial charge in [-0.15, -0.1) is 0 Å². The van der Waals surface area contributed by atoms with E-state index in [9.17, 15) is 0 Å². The maximum absolute atomic E-state index is 3.83. The molecule has 122 valence electrons. The van der Waals surface area contributed by atoms with Gasteiger partial charge in [0, 0.05) is 5.69 Å². The molecule has 1 fully saturated rings. The van der Waals surface area contributed by atoms with Gasteiger partial charge < -0.3 is 5.32 Å². The van der Waals surface area contributed by atoms with Gasteiger partial charge in [-0.1, -0.05) is 80.1 Å². The highest BCUT2D eigenvalue weighted by Crippen LogP contribution is 2.35. The molecule has 1 aliphatic carbocycles. The van der Waals surface area contributed by atoms with E-state index in [2.05, 4.69) is 66.8 Å². The zero-order valence-corrected chi connectivity index (χ0v) is 14.3. The summed E-state index contributed by atoms with van der Waals surface area (Å²) in [4.78, 5) is 0. The van der Waals surface area contributed by atoms with Gasteiger partial charge in [0.05, 0.1) is 6.04 Å². The van der Waals surface area contributed by atoms with Gasteiger partial charge in [-0.3, -0.25) is 0 Å². The van der Waals surface area contributed by atoms with E-state index >= 15 is 0 Å². The van der Waals surface area contributed by atoms with E-state index in [1.165, 1.54) is 61.8 Å². The van der Waals surface area contributed by atoms with Gasteiger partial charge in [-0.25, -0.2) is 0 Å². The van der Waals surface area contributed by atoms with Crippen molar-refractivity contribution >= 4 is 5.69 Å². The molecule has 0 bridgehead atoms. The summed E-state index contributed by atoms with van der Waals surface area (Å²) in [5.41, 5.74) is 4.01. The summed E-state index contributed by atoms with van der Waals surface area (Å²) < 4.78 is 0. The maximum atomic E-state index is 3.83. The number of para-hydroxylation sites is 1. The third kappa shape index (κ3) is 4.60. The number of rotatable bonds is 4. The van der Waals surface area contributed by atoms with Crippen LogP contribution in [0.4, 0.5) is 5.69 Å². The van der Waals surface area contributed by atoms with Crippen molar-refractivity contribution < 1.29 is 0 Å². The number of benzene rings is 2. The molecule has 3 rings (SSSR count). The van der Waals surface area contributed by atoms with Crippen molar-refractivity contribution in [3.8, 4) is 0 Å². The molecule has 23 heavy (non-hydrogen) atoms. The molecule has 0 aliphatic heterocycles. The van der Waals surface area contributed by atoms with Crippen molar-refractivity contribution in [3.63, 3.8) is 0 Å². The van der Waals surface area contributed by atoms with Gasteiger partial charge in [0.25, 0.3) is 0 Å². The quantitative estimate of drug-likeness (QED) is 0.679. The fraction of sp³-hybridized carbons (Fsp3) is 0.455. The molecule has 1 N–H and O–H groups in total. The van der Waals surface area contributed by atoms with Gasteiger partial charge in [0.15, 0.2) is 0 Å². The summed E-state index contributed by atoms with van der Waals surface area (Å²) in [6.45, 7) is 2.17. The fourth-order valence-electron chi connectivity index (χ4n) is 3.78. The van der Waals surface area contributed by atoms with Crippen LogP contribution in [0.5, 0.6) is 0 Å². The third-order valence-corrected chi connectivity index (χ3v) is 5.15. The maximum Gasteiger partial charge on any atom is 0.0542 e. The minimum atomic E-state index is 0.427. The van der Waals surface area contributed by atoms with Crippen LogP contribution in [0.3, 0.4) is 0 Å². The summed E-state index contributed by atoms with van der Waals surface area (Å²) in [6.07, 6.45) is 9.68. The second-order valence-electron chi connectivity index (χ2n) is 7.00. The minimum Gasteiger partial charge on any atom is -0.378 e. The molecule has 1 atom stereocenters. The highest BCUT2D eigenvalue weighted by atomic mass is 14.9. The van der Waals surface area contributed by atoms with Crippen molar-refractivity contribution in [1.82, 2.24) is 0 Å². The Bertz CT molecular complexity index is 565. The van der Waals surface area contributed by atoms with E-state index in [4.69, 9.17) is 0 Å². The number of anilines is 1. The smallest absolute Gasteiger partial charge is 0.0542 e. The highest BCUT2D eigenvalue weighted by molar-refractivity contribution is 5.45. The van der Waals surface area contributed by atoms with Crippen LogP contribution < -0.4 is 5.32 Å². The molecule has 2 aromatic rings. The van der Waals surface area contributed by atoms with Gasteiger partial charge >= 0.3 is 0 Å². The van der Waals surface area contributed by atoms with Crippen LogP contribution in [0.2, 0.25) is 0 Å². The van der Waals surface area contributed by atoms with Gasteiger partial charge in [0.2, 0.25) is 0 Å². The highest BCUT2D eigenvalue weighted by Gasteiger charge is 2.23. The van der Waals surface area contributed by atoms with Crippen LogP contribution in [0, 0.1) is 12.8 Å². The molecule has 0 saturated heterocycles. The first-order valence-electron chi connectivity index (χ1n) is 9.21. The van der Waals surface area contributed by atoms with Crippen LogP contribution in [0.15, 0.2) is 54.6 Å². The average molecular weight is 307 g/mol. The lowest BCUT2D eigenvalue weighted by Crippen LogP contribution is -2.22. The Morgan fingerprint density at radius 3 is 2.04 bits per heavy atom. The van der Waals surface area contributed by atoms with E-state index in [0.717, 1.165) is 5.92 Å². The number of hydrogen-bond acceptors (Lipinski definition) is 1. The lowest BCUT2D eigenvalue weighted by atomic mass is 9.82. The summed E-state index contributed by atoms with van der Waals surface area (Å²) in [6, 6.07) is 20.2. The van der Waals surface area contributed by atoms with E-state index in [0.29, 0.717) is 6.04 Å². The third-order valence-electron chi connectivity index (χ3n) is 5.15. The number of nitrogens with one attached hydrogen (secondary N) is 1. The predicted molar refractivity (Wildman–Crippen MR) is 99.8 cm³/mol. The van der Waals surface area contributed by atoms with Crippen LogP contribution >= 0.6 is 0 Å². The SMILES string of the molecule is Cc1ccc(C(Nc2ccccc2)C2CCCCCCC2)cc1. The normalized spacial score (nSPS) is 18.0. The summed E-state index contributed by atoms with van der Waals surface area (Å²) in [7, 11) is 0. The molecule has 1 aliphatic rings. The molecule has 1 saturated carbocycles. The van der Waals surface area contributed by atoms with Crippen molar-refractivity contribution in [2.24, 2.45) is 5.92 Å². The predicted octanol–water partition coefficient (Wildman–Crippen LogP) is 6.51. The Kier molecular flexibility index (Phi) is 5.74. The minimum absolute atomic E-state index is 0.427. The number of hydrogen-bond donors (Lipinski definition) is 1. The second-order valence-corrected chi connectivity index (χ2v) is 7.00. The van der Waals surface area contributed by atoms with E-state index in [-0.39, 0.29) is 0 Å². The van der Waals surface area contributed by atoms with Crippen molar-refractivity contribution in [1.29, 1.82) is 0 Å². The second kappa shape index (κ2) is 8.19. The van der Waals surface area contributed by atoms with E-state index in [1.807, 2.05) is 0 Å². The zero-order chi connectivity index (χ0) is 15.9. The van der Waals surface area contributed by atoms with Crippen molar-refractivity contribution in [2.45, 2.75) is 57.9 Å². The molecular weight excluding hydrogens is 278 g/mol. The molecule has 1 heteroatoms. The average Bonchev–Trinajstić information content (AvgIpc) is 2.55. The van der Waals surface area contributed by atoms with Gasteiger partial charge in [-0.2, -0.15) is 0 Å². The first-order chi connectivity index (χ1) is 11.3. The zero-order valence-electron chi connectivity index (χ0n) is 14.3. The Hall–Kier alpha value is -1.76. The molecule has 0 aromatic heterocycles. The summed E-state index contributed by atoms with van der Waals surface area (Å²) in [5.74, 6) is 0.734. The van der Waals surface area contributed by atoms with Crippen LogP contribution in [-0.2, 0) is 0 Å². The van der Waals surface area contributed by atoms with Gasteiger partial charge in [-0.05, 0) is 43.4 Å². The molecule has 1 nitrogen and oxygen atoms in total. The van der Waals surface area contributed by atoms with E-state index < -0.39 is 0 Å². The standard InChI is InChI=1S/C22H29N/c1-18-14-16-20(17-15-18)22(23-21-12-8-5-9-13-21)19-10-6-3-2-4-7-11-19/h5,8-9,12-17,19,22-23H,2-4,6-7,10-11H2,1H3. The first-order valence-corrected chi connectivity index (χ1v) is 9.21. The summed E-state index contributed by atoms with van der Waals surface area (Å²) in [5, 5.41) is 3.83. The Balaban J connectivity index is 1.83. The van der Waals surface area contributed by atoms with Crippen LogP contribution in [-0.4, -0.2) is 0 Å². The largest absolute Gasteiger partial charge is 0.378 e. The van der Waals surface area contributed by atoms with E-state index in [1.54, 1.807) is 0 Å². The lowest BCUT2D eigenvalue weighted by molar-refractivity contribution is 0.340. The monoisotopic (exact) mass is 307 g/mol. The molecule has 2 aromatic carbocycles. The molecule has 0 heterocycles. The Morgan fingerprint density at radius 2 is 1.39 bits per heavy atom. The number of aryl methyl sites for hydroxylation is 1. The molecular formula is C22H29N. The Labute approximate surface area is 141 Å². The topological polar surface area (TPSA) is 12.0 Å². The van der Waals surface area contributed by atoms with Crippen molar-refractivity contribution in [3.05, 3.63) is 65.7 Å². The van der Waals surface area contributed by atoms with Gasteiger partial charge in [0.1, 0.15) is 0 Å². The van der Waals surface area contributed by atoms with Crippen molar-refractivity contribution in [2.75, 3.05) is 5.32 Å². The summed E-state index contributed by atoms with van der Waals surface area (Å²) >= 11 is 0. The lowest BCUT2D eigenvalue weighted by Gasteiger charge is -2.31. The molecule has 0 amide bonds.